The van der Waals surface area contributed by atoms with Crippen LogP contribution in [0.15, 0.2) is 23.0 Å². The van der Waals surface area contributed by atoms with E-state index in [2.05, 4.69) is 26.0 Å². The molecule has 0 radical (unpaired) electrons. The van der Waals surface area contributed by atoms with Gasteiger partial charge in [0.1, 0.15) is 11.2 Å². The van der Waals surface area contributed by atoms with Gasteiger partial charge in [-0.2, -0.15) is 5.10 Å². The highest BCUT2D eigenvalue weighted by molar-refractivity contribution is 6.00. The second kappa shape index (κ2) is 6.48. The first kappa shape index (κ1) is 16.8. The van der Waals surface area contributed by atoms with Crippen molar-refractivity contribution in [3.8, 4) is 11.3 Å². The molecule has 0 saturated heterocycles. The number of nitrogens with one attached hydrogen (secondary N) is 3. The van der Waals surface area contributed by atoms with Crippen LogP contribution in [0.4, 0.5) is 0 Å². The number of aromatic nitrogens is 3. The van der Waals surface area contributed by atoms with Crippen LogP contribution in [0.1, 0.15) is 30.3 Å². The van der Waals surface area contributed by atoms with Crippen LogP contribution >= 0.6 is 0 Å². The lowest BCUT2D eigenvalue weighted by Crippen LogP contribution is -2.62. The van der Waals surface area contributed by atoms with Gasteiger partial charge in [-0.1, -0.05) is 5.16 Å². The third-order valence-corrected chi connectivity index (χ3v) is 4.09. The number of amides is 3. The number of H-pyrrole nitrogens is 1. The first-order valence-corrected chi connectivity index (χ1v) is 7.75. The van der Waals surface area contributed by atoms with Gasteiger partial charge in [0.15, 0.2) is 0 Å². The van der Waals surface area contributed by atoms with E-state index in [9.17, 15) is 14.4 Å². The number of nitrogens with two attached hydrogens (primary N) is 1. The van der Waals surface area contributed by atoms with Crippen molar-refractivity contribution in [1.29, 1.82) is 0 Å². The van der Waals surface area contributed by atoms with Gasteiger partial charge in [0.2, 0.25) is 17.6 Å². The smallest absolute Gasteiger partial charge is 0.289 e. The van der Waals surface area contributed by atoms with Gasteiger partial charge in [-0.15, -0.1) is 0 Å². The molecule has 2 aromatic rings. The van der Waals surface area contributed by atoms with Crippen LogP contribution in [-0.2, 0) is 9.59 Å². The molecule has 1 atom stereocenters. The molecular formula is C15H18N6O4. The van der Waals surface area contributed by atoms with Crippen molar-refractivity contribution in [2.75, 3.05) is 6.54 Å². The Labute approximate surface area is 142 Å². The fourth-order valence-electron chi connectivity index (χ4n) is 2.51. The standard InChI is InChI=1S/C15H18N6O4/c1-8(22)20-14(24)15(16,10-2-3-10)7-17-13(23)12-4-11(21-25-12)9-5-18-19-6-9/h4-6,10H,2-3,7,16H2,1H3,(H,17,23)(H,18,19)(H,20,22,24). The third-order valence-electron chi connectivity index (χ3n) is 4.09. The van der Waals surface area contributed by atoms with Crippen LogP contribution < -0.4 is 16.4 Å². The highest BCUT2D eigenvalue weighted by Crippen LogP contribution is 2.38. The molecule has 0 aromatic carbocycles. The summed E-state index contributed by atoms with van der Waals surface area (Å²) in [5.41, 5.74) is 5.96. The lowest BCUT2D eigenvalue weighted by atomic mass is 9.93. The molecule has 25 heavy (non-hydrogen) atoms. The Morgan fingerprint density at radius 1 is 1.44 bits per heavy atom. The van der Waals surface area contributed by atoms with Gasteiger partial charge in [0.05, 0.1) is 6.20 Å². The molecule has 3 amide bonds. The van der Waals surface area contributed by atoms with Crippen molar-refractivity contribution < 1.29 is 18.9 Å². The zero-order chi connectivity index (χ0) is 18.0. The van der Waals surface area contributed by atoms with Crippen molar-refractivity contribution >= 4 is 17.7 Å². The second-order valence-electron chi connectivity index (χ2n) is 6.07. The van der Waals surface area contributed by atoms with Gasteiger partial charge in [0, 0.05) is 31.3 Å². The van der Waals surface area contributed by atoms with Crippen molar-refractivity contribution in [2.45, 2.75) is 25.3 Å². The Bertz CT molecular complexity index is 795. The fraction of sp³-hybridized carbons (Fsp3) is 0.400. The third kappa shape index (κ3) is 3.58. The van der Waals surface area contributed by atoms with E-state index in [1.807, 2.05) is 0 Å². The molecule has 10 heteroatoms. The number of rotatable bonds is 6. The van der Waals surface area contributed by atoms with Crippen molar-refractivity contribution in [1.82, 2.24) is 26.0 Å². The molecule has 0 bridgehead atoms. The first-order chi connectivity index (χ1) is 11.9. The Morgan fingerprint density at radius 2 is 2.20 bits per heavy atom. The minimum absolute atomic E-state index is 0.0127. The largest absolute Gasteiger partial charge is 0.350 e. The van der Waals surface area contributed by atoms with Crippen molar-refractivity contribution in [3.63, 3.8) is 0 Å². The topological polar surface area (TPSA) is 156 Å². The predicted octanol–water partition coefficient (Wildman–Crippen LogP) is -0.435. The van der Waals surface area contributed by atoms with E-state index in [0.717, 1.165) is 12.8 Å². The van der Waals surface area contributed by atoms with Gasteiger partial charge >= 0.3 is 0 Å². The molecule has 1 aliphatic rings. The van der Waals surface area contributed by atoms with E-state index in [0.29, 0.717) is 11.3 Å². The quantitative estimate of drug-likeness (QED) is 0.552. The Balaban J connectivity index is 1.66. The van der Waals surface area contributed by atoms with E-state index < -0.39 is 23.3 Å². The molecule has 10 nitrogen and oxygen atoms in total. The van der Waals surface area contributed by atoms with Crippen molar-refractivity contribution in [3.05, 3.63) is 24.2 Å². The van der Waals surface area contributed by atoms with Gasteiger partial charge in [0.25, 0.3) is 5.91 Å². The minimum atomic E-state index is -1.34. The summed E-state index contributed by atoms with van der Waals surface area (Å²) in [5.74, 6) is -1.73. The molecule has 1 fully saturated rings. The SMILES string of the molecule is CC(=O)NC(=O)C(N)(CNC(=O)c1cc(-c2cn[nH]c2)no1)C1CC1. The fourth-order valence-corrected chi connectivity index (χ4v) is 2.51. The summed E-state index contributed by atoms with van der Waals surface area (Å²) in [6, 6.07) is 1.46. The normalized spacial score (nSPS) is 16.1. The van der Waals surface area contributed by atoms with Crippen LogP contribution in [0.2, 0.25) is 0 Å². The summed E-state index contributed by atoms with van der Waals surface area (Å²) in [6.07, 6.45) is 4.70. The van der Waals surface area contributed by atoms with E-state index in [4.69, 9.17) is 10.3 Å². The molecule has 1 saturated carbocycles. The van der Waals surface area contributed by atoms with Crippen LogP contribution in [-0.4, -0.2) is 45.2 Å². The monoisotopic (exact) mass is 346 g/mol. The lowest BCUT2D eigenvalue weighted by molar-refractivity contribution is -0.133. The predicted molar refractivity (Wildman–Crippen MR) is 84.9 cm³/mol. The van der Waals surface area contributed by atoms with E-state index in [-0.39, 0.29) is 18.2 Å². The average Bonchev–Trinajstić information content (AvgIpc) is 3.09. The zero-order valence-electron chi connectivity index (χ0n) is 13.5. The first-order valence-electron chi connectivity index (χ1n) is 7.75. The maximum atomic E-state index is 12.2. The van der Waals surface area contributed by atoms with Crippen LogP contribution in [0, 0.1) is 5.92 Å². The summed E-state index contributed by atoms with van der Waals surface area (Å²) in [6.45, 7) is 1.12. The number of aromatic amines is 1. The number of hydrogen-bond donors (Lipinski definition) is 4. The number of carbonyl (C=O) groups excluding carboxylic acids is 3. The summed E-state index contributed by atoms with van der Waals surface area (Å²) >= 11 is 0. The summed E-state index contributed by atoms with van der Waals surface area (Å²) < 4.78 is 5.02. The number of imide groups is 1. The Kier molecular flexibility index (Phi) is 4.36. The molecule has 132 valence electrons. The maximum absolute atomic E-state index is 12.2. The van der Waals surface area contributed by atoms with Gasteiger partial charge in [-0.3, -0.25) is 24.8 Å². The molecule has 5 N–H and O–H groups in total. The molecular weight excluding hydrogens is 328 g/mol. The lowest BCUT2D eigenvalue weighted by Gasteiger charge is -2.27. The number of hydrogen-bond acceptors (Lipinski definition) is 7. The van der Waals surface area contributed by atoms with Crippen LogP contribution in [0.3, 0.4) is 0 Å². The van der Waals surface area contributed by atoms with E-state index in [1.54, 1.807) is 12.4 Å². The molecule has 0 aliphatic heterocycles. The van der Waals surface area contributed by atoms with E-state index >= 15 is 0 Å². The maximum Gasteiger partial charge on any atom is 0.289 e. The Morgan fingerprint density at radius 3 is 2.80 bits per heavy atom. The van der Waals surface area contributed by atoms with E-state index in [1.165, 1.54) is 13.0 Å². The minimum Gasteiger partial charge on any atom is -0.350 e. The highest BCUT2D eigenvalue weighted by Gasteiger charge is 2.48. The van der Waals surface area contributed by atoms with Crippen LogP contribution in [0.5, 0.6) is 0 Å². The van der Waals surface area contributed by atoms with Crippen molar-refractivity contribution in [2.24, 2.45) is 11.7 Å². The molecule has 1 aliphatic carbocycles. The second-order valence-corrected chi connectivity index (χ2v) is 6.07. The molecule has 2 aromatic heterocycles. The summed E-state index contributed by atoms with van der Waals surface area (Å²) in [5, 5.41) is 15.0. The number of nitrogens with zero attached hydrogens (tertiary/aromatic N) is 2. The molecule has 1 unspecified atom stereocenters. The molecule has 0 spiro atoms. The molecule has 2 heterocycles. The highest BCUT2D eigenvalue weighted by atomic mass is 16.5. The summed E-state index contributed by atoms with van der Waals surface area (Å²) in [7, 11) is 0. The zero-order valence-corrected chi connectivity index (χ0v) is 13.5. The average molecular weight is 346 g/mol. The number of carbonyl (C=O) groups is 3. The van der Waals surface area contributed by atoms with Crippen LogP contribution in [0.25, 0.3) is 11.3 Å². The van der Waals surface area contributed by atoms with Gasteiger partial charge < -0.3 is 15.6 Å². The van der Waals surface area contributed by atoms with Gasteiger partial charge in [-0.05, 0) is 18.8 Å². The van der Waals surface area contributed by atoms with Gasteiger partial charge in [-0.25, -0.2) is 0 Å². The Hall–Kier alpha value is -3.01. The summed E-state index contributed by atoms with van der Waals surface area (Å²) in [4.78, 5) is 35.6. The molecule has 3 rings (SSSR count).